The van der Waals surface area contributed by atoms with Crippen molar-refractivity contribution in [2.24, 2.45) is 24.1 Å². The first kappa shape index (κ1) is 15.5. The second-order valence-electron chi connectivity index (χ2n) is 7.21. The summed E-state index contributed by atoms with van der Waals surface area (Å²) in [5.41, 5.74) is 7.71. The molecule has 2 N–H and O–H groups in total. The third kappa shape index (κ3) is 3.41. The van der Waals surface area contributed by atoms with E-state index in [1.807, 2.05) is 12.5 Å². The number of nitrogens with two attached hydrogens (primary N) is 1. The minimum Gasteiger partial charge on any atom is -0.336 e. The van der Waals surface area contributed by atoms with Gasteiger partial charge in [-0.15, -0.1) is 0 Å². The van der Waals surface area contributed by atoms with Crippen LogP contribution in [0.15, 0.2) is 12.5 Å². The molecule has 0 amide bonds. The average Bonchev–Trinajstić information content (AvgIpc) is 2.65. The highest BCUT2D eigenvalue weighted by molar-refractivity contribution is 5.06. The van der Waals surface area contributed by atoms with E-state index in [9.17, 15) is 0 Å². The highest BCUT2D eigenvalue weighted by Gasteiger charge is 2.30. The van der Waals surface area contributed by atoms with E-state index in [4.69, 9.17) is 5.73 Å². The summed E-state index contributed by atoms with van der Waals surface area (Å²) in [7, 11) is 2.06. The van der Waals surface area contributed by atoms with Crippen LogP contribution in [-0.4, -0.2) is 34.1 Å². The standard InChI is InChI=1S/C16H30N4/c1-16(2,3)13-6-5-8-20(9-7-13)14(10-17)15-11-18-12-19(15)4/h11-14H,5-10,17H2,1-4H3. The van der Waals surface area contributed by atoms with Gasteiger partial charge in [0.15, 0.2) is 0 Å². The molecule has 1 aliphatic rings. The maximum absolute atomic E-state index is 6.05. The molecule has 2 heterocycles. The number of nitrogens with zero attached hydrogens (tertiary/aromatic N) is 3. The van der Waals surface area contributed by atoms with Gasteiger partial charge in [0.2, 0.25) is 0 Å². The fourth-order valence-corrected chi connectivity index (χ4v) is 3.44. The Bertz CT molecular complexity index is 418. The average molecular weight is 278 g/mol. The molecule has 2 unspecified atom stereocenters. The molecule has 1 aromatic rings. The molecule has 114 valence electrons. The lowest BCUT2D eigenvalue weighted by Gasteiger charge is -2.32. The van der Waals surface area contributed by atoms with Crippen molar-refractivity contribution >= 4 is 0 Å². The van der Waals surface area contributed by atoms with Gasteiger partial charge in [0, 0.05) is 19.8 Å². The molecule has 0 spiro atoms. The summed E-state index contributed by atoms with van der Waals surface area (Å²) in [4.78, 5) is 6.80. The summed E-state index contributed by atoms with van der Waals surface area (Å²) in [5, 5.41) is 0. The Morgan fingerprint density at radius 1 is 1.35 bits per heavy atom. The Morgan fingerprint density at radius 3 is 2.65 bits per heavy atom. The van der Waals surface area contributed by atoms with Gasteiger partial charge in [0.25, 0.3) is 0 Å². The quantitative estimate of drug-likeness (QED) is 0.924. The molecular formula is C16H30N4. The minimum absolute atomic E-state index is 0.307. The Hall–Kier alpha value is -0.870. The van der Waals surface area contributed by atoms with E-state index in [1.54, 1.807) is 0 Å². The first-order valence-electron chi connectivity index (χ1n) is 7.84. The molecule has 4 nitrogen and oxygen atoms in total. The van der Waals surface area contributed by atoms with Crippen molar-refractivity contribution in [2.75, 3.05) is 19.6 Å². The molecule has 4 heteroatoms. The van der Waals surface area contributed by atoms with Crippen LogP contribution in [0.3, 0.4) is 0 Å². The number of likely N-dealkylation sites (tertiary alicyclic amines) is 1. The highest BCUT2D eigenvalue weighted by Crippen LogP contribution is 2.35. The van der Waals surface area contributed by atoms with Gasteiger partial charge in [-0.3, -0.25) is 4.90 Å². The van der Waals surface area contributed by atoms with Crippen LogP contribution in [0.5, 0.6) is 0 Å². The molecular weight excluding hydrogens is 248 g/mol. The fraction of sp³-hybridized carbons (Fsp3) is 0.812. The number of hydrogen-bond acceptors (Lipinski definition) is 3. The van der Waals surface area contributed by atoms with E-state index in [2.05, 4.69) is 42.3 Å². The predicted octanol–water partition coefficient (Wildman–Crippen LogP) is 2.57. The first-order valence-corrected chi connectivity index (χ1v) is 7.84. The minimum atomic E-state index is 0.307. The fourth-order valence-electron chi connectivity index (χ4n) is 3.44. The van der Waals surface area contributed by atoms with Crippen molar-refractivity contribution in [3.8, 4) is 0 Å². The van der Waals surface area contributed by atoms with Gasteiger partial charge in [-0.2, -0.15) is 0 Å². The van der Waals surface area contributed by atoms with Gasteiger partial charge < -0.3 is 10.3 Å². The van der Waals surface area contributed by atoms with E-state index in [0.29, 0.717) is 18.0 Å². The number of aryl methyl sites for hydroxylation is 1. The molecule has 0 aliphatic carbocycles. The van der Waals surface area contributed by atoms with Crippen molar-refractivity contribution in [2.45, 2.75) is 46.1 Å². The van der Waals surface area contributed by atoms with Crippen LogP contribution in [0.25, 0.3) is 0 Å². The smallest absolute Gasteiger partial charge is 0.0946 e. The lowest BCUT2D eigenvalue weighted by Crippen LogP contribution is -2.36. The van der Waals surface area contributed by atoms with Gasteiger partial charge in [-0.1, -0.05) is 20.8 Å². The van der Waals surface area contributed by atoms with E-state index in [0.717, 1.165) is 19.0 Å². The molecule has 0 bridgehead atoms. The Morgan fingerprint density at radius 2 is 2.10 bits per heavy atom. The SMILES string of the molecule is Cn1cncc1C(CN)N1CCCC(C(C)(C)C)CC1. The monoisotopic (exact) mass is 278 g/mol. The Labute approximate surface area is 123 Å². The molecule has 1 fully saturated rings. The van der Waals surface area contributed by atoms with Crippen LogP contribution in [0, 0.1) is 11.3 Å². The number of hydrogen-bond donors (Lipinski definition) is 1. The molecule has 0 aromatic carbocycles. The van der Waals surface area contributed by atoms with E-state index in [1.165, 1.54) is 25.0 Å². The third-order valence-corrected chi connectivity index (χ3v) is 4.85. The van der Waals surface area contributed by atoms with E-state index in [-0.39, 0.29) is 0 Å². The van der Waals surface area contributed by atoms with Crippen molar-refractivity contribution in [1.82, 2.24) is 14.5 Å². The zero-order valence-electron chi connectivity index (χ0n) is 13.5. The largest absolute Gasteiger partial charge is 0.336 e. The Kier molecular flexibility index (Phi) is 4.86. The van der Waals surface area contributed by atoms with Gasteiger partial charge in [-0.05, 0) is 43.7 Å². The van der Waals surface area contributed by atoms with Crippen LogP contribution in [0.1, 0.15) is 51.8 Å². The van der Waals surface area contributed by atoms with Crippen molar-refractivity contribution in [1.29, 1.82) is 0 Å². The number of aromatic nitrogens is 2. The number of rotatable bonds is 3. The number of imidazole rings is 1. The maximum Gasteiger partial charge on any atom is 0.0946 e. The molecule has 2 rings (SSSR count). The van der Waals surface area contributed by atoms with Crippen LogP contribution in [0.2, 0.25) is 0 Å². The van der Waals surface area contributed by atoms with E-state index >= 15 is 0 Å². The predicted molar refractivity (Wildman–Crippen MR) is 83.4 cm³/mol. The molecule has 0 saturated carbocycles. The van der Waals surface area contributed by atoms with Crippen molar-refractivity contribution in [3.05, 3.63) is 18.2 Å². The summed E-state index contributed by atoms with van der Waals surface area (Å²) in [6.07, 6.45) is 7.72. The molecule has 1 saturated heterocycles. The van der Waals surface area contributed by atoms with E-state index < -0.39 is 0 Å². The summed E-state index contributed by atoms with van der Waals surface area (Å²) in [6.45, 7) is 10.1. The van der Waals surface area contributed by atoms with Gasteiger partial charge in [0.1, 0.15) is 0 Å². The lowest BCUT2D eigenvalue weighted by atomic mass is 9.77. The molecule has 1 aromatic heterocycles. The third-order valence-electron chi connectivity index (χ3n) is 4.85. The second kappa shape index (κ2) is 6.27. The molecule has 20 heavy (non-hydrogen) atoms. The van der Waals surface area contributed by atoms with Crippen LogP contribution >= 0.6 is 0 Å². The van der Waals surface area contributed by atoms with Crippen LogP contribution < -0.4 is 5.73 Å². The Balaban J connectivity index is 2.07. The normalized spacial score (nSPS) is 23.6. The summed E-state index contributed by atoms with van der Waals surface area (Å²) in [6, 6.07) is 0.307. The van der Waals surface area contributed by atoms with Crippen LogP contribution in [0.4, 0.5) is 0 Å². The highest BCUT2D eigenvalue weighted by atomic mass is 15.2. The van der Waals surface area contributed by atoms with Gasteiger partial charge in [-0.25, -0.2) is 4.98 Å². The maximum atomic E-state index is 6.05. The van der Waals surface area contributed by atoms with Crippen molar-refractivity contribution in [3.63, 3.8) is 0 Å². The lowest BCUT2D eigenvalue weighted by molar-refractivity contribution is 0.181. The van der Waals surface area contributed by atoms with Crippen molar-refractivity contribution < 1.29 is 0 Å². The molecule has 1 aliphatic heterocycles. The summed E-state index contributed by atoms with van der Waals surface area (Å²) >= 11 is 0. The van der Waals surface area contributed by atoms with Gasteiger partial charge in [0.05, 0.1) is 18.1 Å². The van der Waals surface area contributed by atoms with Gasteiger partial charge >= 0.3 is 0 Å². The summed E-state index contributed by atoms with van der Waals surface area (Å²) < 4.78 is 2.10. The molecule has 0 radical (unpaired) electrons. The zero-order valence-corrected chi connectivity index (χ0v) is 13.5. The zero-order chi connectivity index (χ0) is 14.8. The van der Waals surface area contributed by atoms with Crippen LogP contribution in [-0.2, 0) is 7.05 Å². The summed E-state index contributed by atoms with van der Waals surface area (Å²) in [5.74, 6) is 0.817. The first-order chi connectivity index (χ1) is 9.43. The molecule has 2 atom stereocenters. The second-order valence-corrected chi connectivity index (χ2v) is 7.21. The topological polar surface area (TPSA) is 47.1 Å².